The van der Waals surface area contributed by atoms with Crippen molar-refractivity contribution in [3.8, 4) is 0 Å². The second-order valence-electron chi connectivity index (χ2n) is 3.30. The Labute approximate surface area is 97.4 Å². The lowest BCUT2D eigenvalue weighted by atomic mass is 10.1. The molecule has 0 saturated carbocycles. The minimum Gasteiger partial charge on any atom is -0.397 e. The molecule has 5 heteroatoms. The number of nitrogens with zero attached hydrogens (tertiary/aromatic N) is 1. The molecule has 2 rings (SSSR count). The number of anilines is 1. The van der Waals surface area contributed by atoms with Crippen LogP contribution in [0.3, 0.4) is 0 Å². The molecule has 1 aromatic carbocycles. The van der Waals surface area contributed by atoms with E-state index in [1.807, 2.05) is 0 Å². The van der Waals surface area contributed by atoms with Crippen LogP contribution in [0.15, 0.2) is 24.4 Å². The van der Waals surface area contributed by atoms with Crippen LogP contribution < -0.4 is 11.1 Å². The number of nitrogens with one attached hydrogen (secondary N) is 1. The van der Waals surface area contributed by atoms with Crippen molar-refractivity contribution in [2.45, 2.75) is 0 Å². The van der Waals surface area contributed by atoms with Crippen LogP contribution in [0.4, 0.5) is 5.69 Å². The SMILES string of the molecule is CNC(=O)c1cc(Cl)c(N)c2cccnc12. The number of aromatic nitrogens is 1. The summed E-state index contributed by atoms with van der Waals surface area (Å²) in [7, 11) is 1.56. The minimum atomic E-state index is -0.231. The lowest BCUT2D eigenvalue weighted by Gasteiger charge is -2.08. The smallest absolute Gasteiger partial charge is 0.253 e. The number of pyridine rings is 1. The number of hydrogen-bond acceptors (Lipinski definition) is 3. The molecule has 4 nitrogen and oxygen atoms in total. The number of rotatable bonds is 1. The molecule has 0 unspecified atom stereocenters. The van der Waals surface area contributed by atoms with E-state index in [0.29, 0.717) is 27.2 Å². The molecule has 82 valence electrons. The maximum Gasteiger partial charge on any atom is 0.253 e. The van der Waals surface area contributed by atoms with Gasteiger partial charge in [-0.25, -0.2) is 0 Å². The zero-order valence-corrected chi connectivity index (χ0v) is 9.38. The molecule has 1 aromatic heterocycles. The summed E-state index contributed by atoms with van der Waals surface area (Å²) >= 11 is 5.96. The van der Waals surface area contributed by atoms with E-state index >= 15 is 0 Å². The monoisotopic (exact) mass is 235 g/mol. The van der Waals surface area contributed by atoms with E-state index in [9.17, 15) is 4.79 Å². The van der Waals surface area contributed by atoms with Crippen LogP contribution in [0.5, 0.6) is 0 Å². The zero-order valence-electron chi connectivity index (χ0n) is 8.62. The predicted octanol–water partition coefficient (Wildman–Crippen LogP) is 1.83. The Bertz CT molecular complexity index is 568. The van der Waals surface area contributed by atoms with Gasteiger partial charge in [0.25, 0.3) is 5.91 Å². The topological polar surface area (TPSA) is 68.0 Å². The number of nitrogens with two attached hydrogens (primary N) is 1. The summed E-state index contributed by atoms with van der Waals surface area (Å²) in [6, 6.07) is 5.07. The fraction of sp³-hybridized carbons (Fsp3) is 0.0909. The number of amides is 1. The maximum absolute atomic E-state index is 11.6. The van der Waals surface area contributed by atoms with Crippen molar-refractivity contribution in [2.75, 3.05) is 12.8 Å². The van der Waals surface area contributed by atoms with Gasteiger partial charge in [0.05, 0.1) is 21.8 Å². The summed E-state index contributed by atoms with van der Waals surface area (Å²) in [5, 5.41) is 3.59. The van der Waals surface area contributed by atoms with Gasteiger partial charge in [-0.1, -0.05) is 11.6 Å². The number of halogens is 1. The molecule has 0 fully saturated rings. The normalized spacial score (nSPS) is 10.4. The average Bonchev–Trinajstić information content (AvgIpc) is 2.33. The fourth-order valence-electron chi connectivity index (χ4n) is 1.55. The summed E-state index contributed by atoms with van der Waals surface area (Å²) in [5.41, 5.74) is 7.25. The Balaban J connectivity index is 2.85. The molecule has 0 saturated heterocycles. The van der Waals surface area contributed by atoms with Crippen LogP contribution in [-0.2, 0) is 0 Å². The molecule has 0 aliphatic heterocycles. The maximum atomic E-state index is 11.6. The molecular formula is C11H10ClN3O. The van der Waals surface area contributed by atoms with E-state index in [1.54, 1.807) is 25.4 Å². The summed E-state index contributed by atoms with van der Waals surface area (Å²) in [5.74, 6) is -0.231. The molecule has 0 aliphatic carbocycles. The predicted molar refractivity (Wildman–Crippen MR) is 64.6 cm³/mol. The van der Waals surface area contributed by atoms with Crippen LogP contribution in [-0.4, -0.2) is 17.9 Å². The first-order valence-corrected chi connectivity index (χ1v) is 5.07. The van der Waals surface area contributed by atoms with Crippen LogP contribution in [0.1, 0.15) is 10.4 Å². The van der Waals surface area contributed by atoms with E-state index in [4.69, 9.17) is 17.3 Å². The van der Waals surface area contributed by atoms with E-state index in [0.717, 1.165) is 0 Å². The average molecular weight is 236 g/mol. The van der Waals surface area contributed by atoms with Crippen LogP contribution in [0, 0.1) is 0 Å². The Morgan fingerprint density at radius 1 is 1.56 bits per heavy atom. The van der Waals surface area contributed by atoms with Gasteiger partial charge < -0.3 is 11.1 Å². The number of fused-ring (bicyclic) bond motifs is 1. The molecule has 16 heavy (non-hydrogen) atoms. The molecule has 0 spiro atoms. The molecule has 1 amide bonds. The summed E-state index contributed by atoms with van der Waals surface area (Å²) in [6.07, 6.45) is 1.61. The van der Waals surface area contributed by atoms with Gasteiger partial charge in [-0.05, 0) is 18.2 Å². The van der Waals surface area contributed by atoms with Crippen molar-refractivity contribution in [1.82, 2.24) is 10.3 Å². The highest BCUT2D eigenvalue weighted by molar-refractivity contribution is 6.35. The molecule has 0 atom stereocenters. The van der Waals surface area contributed by atoms with Gasteiger partial charge in [0, 0.05) is 18.6 Å². The molecule has 0 aliphatic rings. The second-order valence-corrected chi connectivity index (χ2v) is 3.71. The van der Waals surface area contributed by atoms with Crippen molar-refractivity contribution in [1.29, 1.82) is 0 Å². The highest BCUT2D eigenvalue weighted by Gasteiger charge is 2.14. The number of hydrogen-bond donors (Lipinski definition) is 2. The summed E-state index contributed by atoms with van der Waals surface area (Å²) in [6.45, 7) is 0. The Morgan fingerprint density at radius 3 is 3.00 bits per heavy atom. The van der Waals surface area contributed by atoms with Crippen LogP contribution in [0.2, 0.25) is 5.02 Å². The van der Waals surface area contributed by atoms with Crippen molar-refractivity contribution in [2.24, 2.45) is 0 Å². The van der Waals surface area contributed by atoms with Gasteiger partial charge >= 0.3 is 0 Å². The van der Waals surface area contributed by atoms with Gasteiger partial charge in [-0.2, -0.15) is 0 Å². The van der Waals surface area contributed by atoms with Crippen LogP contribution >= 0.6 is 11.6 Å². The standard InChI is InChI=1S/C11H10ClN3O/c1-14-11(16)7-5-8(12)9(13)6-3-2-4-15-10(6)7/h2-5H,13H2,1H3,(H,14,16). The van der Waals surface area contributed by atoms with Gasteiger partial charge in [-0.3, -0.25) is 9.78 Å². The Morgan fingerprint density at radius 2 is 2.31 bits per heavy atom. The van der Waals surface area contributed by atoms with Gasteiger partial charge in [0.1, 0.15) is 0 Å². The fourth-order valence-corrected chi connectivity index (χ4v) is 1.76. The van der Waals surface area contributed by atoms with E-state index in [2.05, 4.69) is 10.3 Å². The van der Waals surface area contributed by atoms with E-state index in [1.165, 1.54) is 6.07 Å². The largest absolute Gasteiger partial charge is 0.397 e. The quantitative estimate of drug-likeness (QED) is 0.741. The molecular weight excluding hydrogens is 226 g/mol. The first-order chi connectivity index (χ1) is 7.65. The first kappa shape index (κ1) is 10.7. The Kier molecular flexibility index (Phi) is 2.66. The molecule has 1 heterocycles. The third-order valence-corrected chi connectivity index (χ3v) is 2.67. The summed E-state index contributed by atoms with van der Waals surface area (Å²) < 4.78 is 0. The number of carbonyl (C=O) groups excluding carboxylic acids is 1. The minimum absolute atomic E-state index is 0.231. The lowest BCUT2D eigenvalue weighted by molar-refractivity contribution is 0.0964. The highest BCUT2D eigenvalue weighted by Crippen LogP contribution is 2.30. The molecule has 0 bridgehead atoms. The third-order valence-electron chi connectivity index (χ3n) is 2.35. The highest BCUT2D eigenvalue weighted by atomic mass is 35.5. The van der Waals surface area contributed by atoms with Gasteiger partial charge in [0.15, 0.2) is 0 Å². The lowest BCUT2D eigenvalue weighted by Crippen LogP contribution is -2.18. The number of carbonyl (C=O) groups is 1. The molecule has 2 aromatic rings. The Hall–Kier alpha value is -1.81. The number of nitrogen functional groups attached to an aromatic ring is 1. The van der Waals surface area contributed by atoms with E-state index in [-0.39, 0.29) is 5.91 Å². The summed E-state index contributed by atoms with van der Waals surface area (Å²) in [4.78, 5) is 15.8. The molecule has 0 radical (unpaired) electrons. The van der Waals surface area contributed by atoms with Crippen molar-refractivity contribution in [3.05, 3.63) is 35.0 Å². The zero-order chi connectivity index (χ0) is 11.7. The molecule has 3 N–H and O–H groups in total. The van der Waals surface area contributed by atoms with Crippen molar-refractivity contribution < 1.29 is 4.79 Å². The third kappa shape index (κ3) is 1.57. The van der Waals surface area contributed by atoms with Crippen LogP contribution in [0.25, 0.3) is 10.9 Å². The van der Waals surface area contributed by atoms with Crippen molar-refractivity contribution >= 4 is 34.1 Å². The van der Waals surface area contributed by atoms with Crippen molar-refractivity contribution in [3.63, 3.8) is 0 Å². The first-order valence-electron chi connectivity index (χ1n) is 4.70. The number of benzene rings is 1. The van der Waals surface area contributed by atoms with Gasteiger partial charge in [0.2, 0.25) is 0 Å². The van der Waals surface area contributed by atoms with Gasteiger partial charge in [-0.15, -0.1) is 0 Å². The van der Waals surface area contributed by atoms with E-state index < -0.39 is 0 Å². The second kappa shape index (κ2) is 3.98.